The molecule has 72 valence electrons. The van der Waals surface area contributed by atoms with E-state index in [2.05, 4.69) is 5.06 Å². The lowest BCUT2D eigenvalue weighted by Crippen LogP contribution is -2.20. The Bertz CT molecular complexity index is 225. The van der Waals surface area contributed by atoms with E-state index >= 15 is 0 Å². The Morgan fingerprint density at radius 2 is 2.46 bits per heavy atom. The van der Waals surface area contributed by atoms with Crippen LogP contribution in [0, 0.1) is 0 Å². The third-order valence-electron chi connectivity index (χ3n) is 2.64. The molecule has 0 aliphatic carbocycles. The first-order valence-electron chi connectivity index (χ1n) is 4.88. The van der Waals surface area contributed by atoms with E-state index in [1.165, 1.54) is 12.8 Å². The molecule has 2 atom stereocenters. The molecule has 0 aromatic heterocycles. The molecule has 2 fully saturated rings. The highest BCUT2D eigenvalue weighted by molar-refractivity contribution is 5.87. The van der Waals surface area contributed by atoms with Crippen LogP contribution in [-0.2, 0) is 9.63 Å². The molecule has 3 heteroatoms. The molecule has 0 saturated carbocycles. The highest BCUT2D eigenvalue weighted by Crippen LogP contribution is 2.30. The standard InChI is InChI=1S/C10H15NO2/c1-8(12)4-5-10-7-9-3-2-6-11(9)13-10/h4-5,9-10H,2-3,6-7H2,1H3. The van der Waals surface area contributed by atoms with Gasteiger partial charge in [0.15, 0.2) is 5.78 Å². The van der Waals surface area contributed by atoms with E-state index in [9.17, 15) is 4.79 Å². The van der Waals surface area contributed by atoms with Gasteiger partial charge >= 0.3 is 0 Å². The van der Waals surface area contributed by atoms with Gasteiger partial charge in [-0.15, -0.1) is 0 Å². The Hall–Kier alpha value is -0.670. The first-order chi connectivity index (χ1) is 6.25. The van der Waals surface area contributed by atoms with Crippen LogP contribution in [0.1, 0.15) is 26.2 Å². The van der Waals surface area contributed by atoms with Crippen LogP contribution in [0.5, 0.6) is 0 Å². The summed E-state index contributed by atoms with van der Waals surface area (Å²) in [4.78, 5) is 16.3. The maximum Gasteiger partial charge on any atom is 0.152 e. The molecular formula is C10H15NO2. The lowest BCUT2D eigenvalue weighted by Gasteiger charge is -2.11. The number of nitrogens with zero attached hydrogens (tertiary/aromatic N) is 1. The zero-order valence-corrected chi connectivity index (χ0v) is 7.90. The Labute approximate surface area is 78.3 Å². The Morgan fingerprint density at radius 1 is 1.62 bits per heavy atom. The summed E-state index contributed by atoms with van der Waals surface area (Å²) in [6, 6.07) is 0.599. The molecule has 0 amide bonds. The van der Waals surface area contributed by atoms with Gasteiger partial charge in [-0.1, -0.05) is 6.08 Å². The van der Waals surface area contributed by atoms with Gasteiger partial charge in [0.1, 0.15) is 0 Å². The molecule has 0 N–H and O–H groups in total. The molecule has 0 spiro atoms. The molecule has 2 aliphatic rings. The van der Waals surface area contributed by atoms with Gasteiger partial charge in [-0.05, 0) is 32.3 Å². The SMILES string of the molecule is CC(=O)C=CC1CC2CCCN2O1. The van der Waals surface area contributed by atoms with Crippen LogP contribution < -0.4 is 0 Å². The van der Waals surface area contributed by atoms with Gasteiger partial charge in [-0.2, -0.15) is 5.06 Å². The minimum absolute atomic E-state index is 0.0932. The predicted octanol–water partition coefficient (Wildman–Crippen LogP) is 1.30. The van der Waals surface area contributed by atoms with Crippen molar-refractivity contribution < 1.29 is 9.63 Å². The molecule has 2 saturated heterocycles. The van der Waals surface area contributed by atoms with Gasteiger partial charge in [0.2, 0.25) is 0 Å². The number of ketones is 1. The topological polar surface area (TPSA) is 29.5 Å². The first-order valence-corrected chi connectivity index (χ1v) is 4.88. The Morgan fingerprint density at radius 3 is 3.15 bits per heavy atom. The van der Waals surface area contributed by atoms with Crippen molar-refractivity contribution in [3.05, 3.63) is 12.2 Å². The summed E-state index contributed by atoms with van der Waals surface area (Å²) in [6.45, 7) is 2.61. The fourth-order valence-corrected chi connectivity index (χ4v) is 2.03. The smallest absolute Gasteiger partial charge is 0.152 e. The number of hydroxylamine groups is 2. The van der Waals surface area contributed by atoms with Gasteiger partial charge in [0.25, 0.3) is 0 Å². The van der Waals surface area contributed by atoms with Crippen molar-refractivity contribution >= 4 is 5.78 Å². The normalized spacial score (nSPS) is 34.2. The maximum absolute atomic E-state index is 10.7. The lowest BCUT2D eigenvalue weighted by molar-refractivity contribution is -0.134. The van der Waals surface area contributed by atoms with Crippen molar-refractivity contribution in [2.24, 2.45) is 0 Å². The monoisotopic (exact) mass is 181 g/mol. The number of hydrogen-bond acceptors (Lipinski definition) is 3. The van der Waals surface area contributed by atoms with Crippen molar-refractivity contribution in [3.8, 4) is 0 Å². The van der Waals surface area contributed by atoms with E-state index in [1.807, 2.05) is 6.08 Å². The molecule has 2 aliphatic heterocycles. The highest BCUT2D eigenvalue weighted by Gasteiger charge is 2.35. The van der Waals surface area contributed by atoms with Gasteiger partial charge < -0.3 is 0 Å². The summed E-state index contributed by atoms with van der Waals surface area (Å²) in [7, 11) is 0. The molecule has 3 nitrogen and oxygen atoms in total. The second kappa shape index (κ2) is 3.60. The van der Waals surface area contributed by atoms with Gasteiger partial charge in [0, 0.05) is 12.6 Å². The highest BCUT2D eigenvalue weighted by atomic mass is 16.7. The van der Waals surface area contributed by atoms with Crippen LogP contribution in [0.4, 0.5) is 0 Å². The number of rotatable bonds is 2. The van der Waals surface area contributed by atoms with Crippen LogP contribution in [0.3, 0.4) is 0 Å². The van der Waals surface area contributed by atoms with E-state index in [-0.39, 0.29) is 11.9 Å². The molecule has 0 radical (unpaired) electrons. The summed E-state index contributed by atoms with van der Waals surface area (Å²) >= 11 is 0. The summed E-state index contributed by atoms with van der Waals surface area (Å²) in [5.41, 5.74) is 0. The maximum atomic E-state index is 10.7. The van der Waals surface area contributed by atoms with Crippen LogP contribution in [0.25, 0.3) is 0 Å². The van der Waals surface area contributed by atoms with Crippen LogP contribution >= 0.6 is 0 Å². The van der Waals surface area contributed by atoms with Crippen molar-refractivity contribution in [3.63, 3.8) is 0 Å². The Kier molecular flexibility index (Phi) is 2.47. The van der Waals surface area contributed by atoms with Gasteiger partial charge in [-0.25, -0.2) is 0 Å². The predicted molar refractivity (Wildman–Crippen MR) is 49.0 cm³/mol. The zero-order valence-electron chi connectivity index (χ0n) is 7.90. The minimum Gasteiger partial charge on any atom is -0.295 e. The van der Waals surface area contributed by atoms with Crippen LogP contribution in [0.2, 0.25) is 0 Å². The number of carbonyl (C=O) groups excluding carboxylic acids is 1. The fourth-order valence-electron chi connectivity index (χ4n) is 2.03. The summed E-state index contributed by atoms with van der Waals surface area (Å²) in [5.74, 6) is 0.0932. The number of fused-ring (bicyclic) bond motifs is 1. The largest absolute Gasteiger partial charge is 0.295 e. The van der Waals surface area contributed by atoms with Crippen LogP contribution in [0.15, 0.2) is 12.2 Å². The van der Waals surface area contributed by atoms with E-state index in [1.54, 1.807) is 13.0 Å². The van der Waals surface area contributed by atoms with Crippen molar-refractivity contribution in [2.75, 3.05) is 6.54 Å². The summed E-state index contributed by atoms with van der Waals surface area (Å²) in [6.07, 6.45) is 7.14. The third-order valence-corrected chi connectivity index (χ3v) is 2.64. The van der Waals surface area contributed by atoms with E-state index in [0.717, 1.165) is 13.0 Å². The zero-order chi connectivity index (χ0) is 9.26. The summed E-state index contributed by atoms with van der Waals surface area (Å²) < 4.78 is 0. The molecule has 2 rings (SSSR count). The average Bonchev–Trinajstić information content (AvgIpc) is 2.58. The lowest BCUT2D eigenvalue weighted by atomic mass is 10.1. The first kappa shape index (κ1) is 8.91. The van der Waals surface area contributed by atoms with Gasteiger partial charge in [0.05, 0.1) is 6.10 Å². The van der Waals surface area contributed by atoms with Crippen LogP contribution in [-0.4, -0.2) is 29.5 Å². The van der Waals surface area contributed by atoms with Crippen molar-refractivity contribution in [1.29, 1.82) is 0 Å². The van der Waals surface area contributed by atoms with Crippen molar-refractivity contribution in [1.82, 2.24) is 5.06 Å². The number of allylic oxidation sites excluding steroid dienone is 1. The Balaban J connectivity index is 1.88. The summed E-state index contributed by atoms with van der Waals surface area (Å²) in [5, 5.41) is 2.06. The van der Waals surface area contributed by atoms with E-state index in [0.29, 0.717) is 6.04 Å². The molecule has 2 heterocycles. The number of carbonyl (C=O) groups is 1. The third kappa shape index (κ3) is 1.98. The average molecular weight is 181 g/mol. The second-order valence-electron chi connectivity index (χ2n) is 3.79. The molecule has 0 aromatic carbocycles. The van der Waals surface area contributed by atoms with E-state index in [4.69, 9.17) is 4.84 Å². The second-order valence-corrected chi connectivity index (χ2v) is 3.79. The molecule has 2 unspecified atom stereocenters. The fraction of sp³-hybridized carbons (Fsp3) is 0.700. The molecule has 0 aromatic rings. The van der Waals surface area contributed by atoms with E-state index < -0.39 is 0 Å². The molecule has 13 heavy (non-hydrogen) atoms. The molecular weight excluding hydrogens is 166 g/mol. The quantitative estimate of drug-likeness (QED) is 0.601. The van der Waals surface area contributed by atoms with Gasteiger partial charge in [-0.3, -0.25) is 9.63 Å². The molecule has 0 bridgehead atoms. The number of hydrogen-bond donors (Lipinski definition) is 0. The minimum atomic E-state index is 0.0932. The van der Waals surface area contributed by atoms with Crippen molar-refractivity contribution in [2.45, 2.75) is 38.3 Å².